The number of benzene rings is 2. The summed E-state index contributed by atoms with van der Waals surface area (Å²) in [4.78, 5) is 34.1. The van der Waals surface area contributed by atoms with Gasteiger partial charge in [-0.25, -0.2) is 4.57 Å². The molecule has 0 unspecified atom stereocenters. The van der Waals surface area contributed by atoms with Crippen LogP contribution in [0.15, 0.2) is 53.3 Å². The standard InChI is InChI=1S/C14H8N2O4S/c17-13(9-5-7-10(8-6-9)16(19)20)15-11-3-1-2-4-12(11)21-14(15)18/h1-8H. The third kappa shape index (κ3) is 2.23. The third-order valence-corrected chi connectivity index (χ3v) is 3.94. The molecule has 0 radical (unpaired) electrons. The first-order valence-corrected chi connectivity index (χ1v) is 6.79. The van der Waals surface area contributed by atoms with Crippen LogP contribution in [0.5, 0.6) is 0 Å². The summed E-state index contributed by atoms with van der Waals surface area (Å²) in [5, 5.41) is 10.6. The summed E-state index contributed by atoms with van der Waals surface area (Å²) in [7, 11) is 0. The Labute approximate surface area is 122 Å². The number of carbonyl (C=O) groups is 1. The zero-order chi connectivity index (χ0) is 15.0. The molecule has 7 heteroatoms. The molecule has 0 saturated carbocycles. The number of aromatic nitrogens is 1. The number of para-hydroxylation sites is 1. The molecule has 0 atom stereocenters. The van der Waals surface area contributed by atoms with Crippen LogP contribution in [-0.2, 0) is 0 Å². The van der Waals surface area contributed by atoms with E-state index >= 15 is 0 Å². The minimum atomic E-state index is -0.541. The smallest absolute Gasteiger partial charge is 0.268 e. The Morgan fingerprint density at radius 1 is 1.10 bits per heavy atom. The second-order valence-electron chi connectivity index (χ2n) is 4.28. The van der Waals surface area contributed by atoms with E-state index in [1.165, 1.54) is 24.3 Å². The second kappa shape index (κ2) is 4.95. The molecule has 0 saturated heterocycles. The van der Waals surface area contributed by atoms with Crippen LogP contribution in [0.3, 0.4) is 0 Å². The molecular formula is C14H8N2O4S. The van der Waals surface area contributed by atoms with E-state index in [1.54, 1.807) is 24.3 Å². The maximum absolute atomic E-state index is 12.4. The van der Waals surface area contributed by atoms with Gasteiger partial charge in [0.2, 0.25) is 0 Å². The van der Waals surface area contributed by atoms with Gasteiger partial charge in [0, 0.05) is 17.7 Å². The number of fused-ring (bicyclic) bond motifs is 1. The fourth-order valence-electron chi connectivity index (χ4n) is 2.01. The van der Waals surface area contributed by atoms with Gasteiger partial charge in [0.15, 0.2) is 0 Å². The number of nitro benzene ring substituents is 1. The molecule has 6 nitrogen and oxygen atoms in total. The molecule has 0 bridgehead atoms. The summed E-state index contributed by atoms with van der Waals surface area (Å²) in [5.74, 6) is -0.493. The van der Waals surface area contributed by atoms with E-state index in [9.17, 15) is 19.7 Å². The number of hydrogen-bond donors (Lipinski definition) is 0. The molecule has 21 heavy (non-hydrogen) atoms. The average Bonchev–Trinajstić information content (AvgIpc) is 2.82. The fraction of sp³-hybridized carbons (Fsp3) is 0. The normalized spacial score (nSPS) is 10.7. The number of nitro groups is 1. The van der Waals surface area contributed by atoms with Gasteiger partial charge in [0.05, 0.1) is 15.1 Å². The van der Waals surface area contributed by atoms with Crippen LogP contribution in [0.4, 0.5) is 5.69 Å². The van der Waals surface area contributed by atoms with Gasteiger partial charge in [-0.05, 0) is 24.3 Å². The minimum absolute atomic E-state index is 0.103. The first-order chi connectivity index (χ1) is 10.1. The van der Waals surface area contributed by atoms with E-state index in [2.05, 4.69) is 0 Å². The fourth-order valence-corrected chi connectivity index (χ4v) is 2.88. The van der Waals surface area contributed by atoms with Crippen molar-refractivity contribution in [3.05, 3.63) is 73.9 Å². The molecule has 0 N–H and O–H groups in total. The highest BCUT2D eigenvalue weighted by Crippen LogP contribution is 2.19. The molecule has 104 valence electrons. The maximum atomic E-state index is 12.4. The lowest BCUT2D eigenvalue weighted by molar-refractivity contribution is -0.384. The molecular weight excluding hydrogens is 292 g/mol. The van der Waals surface area contributed by atoms with E-state index in [4.69, 9.17) is 0 Å². The zero-order valence-corrected chi connectivity index (χ0v) is 11.4. The topological polar surface area (TPSA) is 82.2 Å². The van der Waals surface area contributed by atoms with Crippen molar-refractivity contribution in [3.8, 4) is 0 Å². The van der Waals surface area contributed by atoms with Crippen molar-refractivity contribution in [2.75, 3.05) is 0 Å². The van der Waals surface area contributed by atoms with E-state index in [0.717, 1.165) is 20.6 Å². The molecule has 0 amide bonds. The van der Waals surface area contributed by atoms with Crippen molar-refractivity contribution in [1.29, 1.82) is 0 Å². The van der Waals surface area contributed by atoms with Crippen LogP contribution >= 0.6 is 11.3 Å². The quantitative estimate of drug-likeness (QED) is 0.538. The van der Waals surface area contributed by atoms with E-state index in [0.29, 0.717) is 5.52 Å². The Bertz CT molecular complexity index is 909. The lowest BCUT2D eigenvalue weighted by Gasteiger charge is -2.02. The highest BCUT2D eigenvalue weighted by molar-refractivity contribution is 7.16. The van der Waals surface area contributed by atoms with Gasteiger partial charge in [0.1, 0.15) is 0 Å². The molecule has 0 aliphatic rings. The largest absolute Gasteiger partial charge is 0.315 e. The molecule has 3 rings (SSSR count). The first-order valence-electron chi connectivity index (χ1n) is 5.97. The van der Waals surface area contributed by atoms with Gasteiger partial charge in [-0.3, -0.25) is 19.7 Å². The van der Waals surface area contributed by atoms with Crippen molar-refractivity contribution in [2.45, 2.75) is 0 Å². The zero-order valence-electron chi connectivity index (χ0n) is 10.6. The maximum Gasteiger partial charge on any atom is 0.315 e. The van der Waals surface area contributed by atoms with E-state index in [-0.39, 0.29) is 16.1 Å². The van der Waals surface area contributed by atoms with Gasteiger partial charge < -0.3 is 0 Å². The number of rotatable bonds is 2. The van der Waals surface area contributed by atoms with Crippen molar-refractivity contribution in [1.82, 2.24) is 4.57 Å². The average molecular weight is 300 g/mol. The number of carbonyl (C=O) groups excluding carboxylic acids is 1. The van der Waals surface area contributed by atoms with Gasteiger partial charge >= 0.3 is 4.87 Å². The summed E-state index contributed by atoms with van der Waals surface area (Å²) in [6, 6.07) is 12.2. The van der Waals surface area contributed by atoms with E-state index in [1.807, 2.05) is 0 Å². The van der Waals surface area contributed by atoms with Gasteiger partial charge in [-0.2, -0.15) is 0 Å². The number of nitrogens with zero attached hydrogens (tertiary/aromatic N) is 2. The highest BCUT2D eigenvalue weighted by atomic mass is 32.1. The molecule has 3 aromatic rings. The van der Waals surface area contributed by atoms with Crippen LogP contribution in [0.1, 0.15) is 10.4 Å². The SMILES string of the molecule is O=C(c1ccc([N+](=O)[O-])cc1)n1c(=O)sc2ccccc21. The van der Waals surface area contributed by atoms with Gasteiger partial charge in [-0.15, -0.1) is 0 Å². The first kappa shape index (κ1) is 13.2. The van der Waals surface area contributed by atoms with Crippen LogP contribution < -0.4 is 4.87 Å². The molecule has 1 heterocycles. The monoisotopic (exact) mass is 300 g/mol. The highest BCUT2D eigenvalue weighted by Gasteiger charge is 2.16. The summed E-state index contributed by atoms with van der Waals surface area (Å²) in [6.07, 6.45) is 0. The van der Waals surface area contributed by atoms with Crippen LogP contribution in [0.2, 0.25) is 0 Å². The number of non-ortho nitro benzene ring substituents is 1. The summed E-state index contributed by atoms with van der Waals surface area (Å²) in [6.45, 7) is 0. The summed E-state index contributed by atoms with van der Waals surface area (Å²) in [5.41, 5.74) is 0.663. The predicted molar refractivity (Wildman–Crippen MR) is 78.9 cm³/mol. The van der Waals surface area contributed by atoms with Crippen LogP contribution in [-0.4, -0.2) is 15.4 Å². The lowest BCUT2D eigenvalue weighted by Crippen LogP contribution is -2.22. The Balaban J connectivity index is 2.10. The minimum Gasteiger partial charge on any atom is -0.268 e. The molecule has 2 aromatic carbocycles. The second-order valence-corrected chi connectivity index (χ2v) is 5.27. The predicted octanol–water partition coefficient (Wildman–Crippen LogP) is 2.66. The Morgan fingerprint density at radius 2 is 1.76 bits per heavy atom. The van der Waals surface area contributed by atoms with Gasteiger partial charge in [0.25, 0.3) is 11.6 Å². The number of thiazole rings is 1. The molecule has 0 spiro atoms. The summed E-state index contributed by atoms with van der Waals surface area (Å²) >= 11 is 0.988. The third-order valence-electron chi connectivity index (χ3n) is 3.01. The lowest BCUT2D eigenvalue weighted by atomic mass is 10.2. The van der Waals surface area contributed by atoms with Gasteiger partial charge in [-0.1, -0.05) is 23.5 Å². The molecule has 0 aliphatic heterocycles. The van der Waals surface area contributed by atoms with Crippen molar-refractivity contribution in [2.24, 2.45) is 0 Å². The number of hydrogen-bond acceptors (Lipinski definition) is 5. The molecule has 1 aromatic heterocycles. The van der Waals surface area contributed by atoms with Crippen LogP contribution in [0.25, 0.3) is 10.2 Å². The Morgan fingerprint density at radius 3 is 2.43 bits per heavy atom. The summed E-state index contributed by atoms with van der Waals surface area (Å²) < 4.78 is 1.80. The Kier molecular flexibility index (Phi) is 3.11. The molecule has 0 aliphatic carbocycles. The Hall–Kier alpha value is -2.80. The van der Waals surface area contributed by atoms with Crippen molar-refractivity contribution >= 4 is 33.1 Å². The van der Waals surface area contributed by atoms with Crippen molar-refractivity contribution in [3.63, 3.8) is 0 Å². The van der Waals surface area contributed by atoms with E-state index < -0.39 is 10.8 Å². The van der Waals surface area contributed by atoms with Crippen molar-refractivity contribution < 1.29 is 9.72 Å². The van der Waals surface area contributed by atoms with Crippen LogP contribution in [0, 0.1) is 10.1 Å². The molecule has 0 fully saturated rings.